The van der Waals surface area contributed by atoms with E-state index < -0.39 is 0 Å². The van der Waals surface area contributed by atoms with Crippen LogP contribution in [0, 0.1) is 20.8 Å². The van der Waals surface area contributed by atoms with E-state index in [1.54, 1.807) is 7.11 Å². The second kappa shape index (κ2) is 4.86. The fourth-order valence-corrected chi connectivity index (χ4v) is 2.23. The summed E-state index contributed by atoms with van der Waals surface area (Å²) in [5.41, 5.74) is 9.48. The third-order valence-corrected chi connectivity index (χ3v) is 3.19. The normalized spacial score (nSPS) is 12.5. The molecule has 0 spiro atoms. The molecule has 0 aliphatic heterocycles. The van der Waals surface area contributed by atoms with Gasteiger partial charge in [0.1, 0.15) is 17.3 Å². The van der Waals surface area contributed by atoms with Crippen molar-refractivity contribution < 1.29 is 9.15 Å². The van der Waals surface area contributed by atoms with Gasteiger partial charge in [0.2, 0.25) is 0 Å². The number of ether oxygens (including phenoxy) is 1. The second-order valence-corrected chi connectivity index (χ2v) is 4.58. The Labute approximate surface area is 108 Å². The van der Waals surface area contributed by atoms with Crippen molar-refractivity contribution in [3.05, 3.63) is 52.5 Å². The lowest BCUT2D eigenvalue weighted by Gasteiger charge is -2.13. The number of furan rings is 1. The Morgan fingerprint density at radius 1 is 1.17 bits per heavy atom. The Bertz CT molecular complexity index is 558. The molecular weight excluding hydrogens is 226 g/mol. The highest BCUT2D eigenvalue weighted by atomic mass is 16.5. The lowest BCUT2D eigenvalue weighted by molar-refractivity contribution is 0.411. The SMILES string of the molecule is COc1ccc(C(N)c2cc(C)oc2C)cc1C. The molecule has 0 fully saturated rings. The minimum atomic E-state index is -0.160. The minimum Gasteiger partial charge on any atom is -0.496 e. The Balaban J connectivity index is 2.37. The molecular formula is C15H19NO2. The predicted molar refractivity (Wildman–Crippen MR) is 71.9 cm³/mol. The molecule has 0 bridgehead atoms. The van der Waals surface area contributed by atoms with Gasteiger partial charge in [-0.15, -0.1) is 0 Å². The Kier molecular flexibility index (Phi) is 3.43. The van der Waals surface area contributed by atoms with E-state index in [0.29, 0.717) is 0 Å². The van der Waals surface area contributed by atoms with Crippen LogP contribution in [-0.4, -0.2) is 7.11 Å². The average Bonchev–Trinajstić information content (AvgIpc) is 2.67. The highest BCUT2D eigenvalue weighted by Gasteiger charge is 2.15. The monoisotopic (exact) mass is 245 g/mol. The fourth-order valence-electron chi connectivity index (χ4n) is 2.23. The van der Waals surface area contributed by atoms with Gasteiger partial charge in [0.15, 0.2) is 0 Å². The number of nitrogens with two attached hydrogens (primary N) is 1. The minimum absolute atomic E-state index is 0.160. The summed E-state index contributed by atoms with van der Waals surface area (Å²) in [6, 6.07) is 7.85. The molecule has 1 atom stereocenters. The van der Waals surface area contributed by atoms with Gasteiger partial charge in [0, 0.05) is 5.56 Å². The van der Waals surface area contributed by atoms with Crippen LogP contribution in [0.3, 0.4) is 0 Å². The third kappa shape index (κ3) is 2.27. The molecule has 1 aromatic heterocycles. The maximum atomic E-state index is 6.29. The van der Waals surface area contributed by atoms with E-state index in [1.807, 2.05) is 39.0 Å². The summed E-state index contributed by atoms with van der Waals surface area (Å²) in [4.78, 5) is 0. The third-order valence-electron chi connectivity index (χ3n) is 3.19. The summed E-state index contributed by atoms with van der Waals surface area (Å²) >= 11 is 0. The molecule has 96 valence electrons. The zero-order valence-electron chi connectivity index (χ0n) is 11.3. The van der Waals surface area contributed by atoms with E-state index in [9.17, 15) is 0 Å². The fraction of sp³-hybridized carbons (Fsp3) is 0.333. The molecule has 1 unspecified atom stereocenters. The number of hydrogen-bond acceptors (Lipinski definition) is 3. The first-order valence-corrected chi connectivity index (χ1v) is 6.00. The first-order chi connectivity index (χ1) is 8.52. The van der Waals surface area contributed by atoms with Crippen LogP contribution >= 0.6 is 0 Å². The van der Waals surface area contributed by atoms with Gasteiger partial charge in [-0.05, 0) is 44.0 Å². The first-order valence-electron chi connectivity index (χ1n) is 6.00. The molecule has 2 rings (SSSR count). The summed E-state index contributed by atoms with van der Waals surface area (Å²) < 4.78 is 10.8. The van der Waals surface area contributed by atoms with Gasteiger partial charge >= 0.3 is 0 Å². The summed E-state index contributed by atoms with van der Waals surface area (Å²) in [6.45, 7) is 5.89. The Morgan fingerprint density at radius 2 is 1.89 bits per heavy atom. The predicted octanol–water partition coefficient (Wildman–Crippen LogP) is 3.26. The smallest absolute Gasteiger partial charge is 0.121 e. The van der Waals surface area contributed by atoms with Gasteiger partial charge < -0.3 is 14.9 Å². The van der Waals surface area contributed by atoms with E-state index >= 15 is 0 Å². The molecule has 3 heteroatoms. The lowest BCUT2D eigenvalue weighted by atomic mass is 9.98. The number of hydrogen-bond donors (Lipinski definition) is 1. The molecule has 2 N–H and O–H groups in total. The molecule has 2 aromatic rings. The zero-order chi connectivity index (χ0) is 13.3. The van der Waals surface area contributed by atoms with E-state index in [1.165, 1.54) is 0 Å². The molecule has 0 radical (unpaired) electrons. The second-order valence-electron chi connectivity index (χ2n) is 4.58. The van der Waals surface area contributed by atoms with Crippen LogP contribution < -0.4 is 10.5 Å². The molecule has 0 aliphatic carbocycles. The Morgan fingerprint density at radius 3 is 2.39 bits per heavy atom. The highest BCUT2D eigenvalue weighted by molar-refractivity contribution is 5.41. The van der Waals surface area contributed by atoms with Crippen molar-refractivity contribution in [2.75, 3.05) is 7.11 Å². The maximum Gasteiger partial charge on any atom is 0.121 e. The van der Waals surface area contributed by atoms with E-state index in [0.717, 1.165) is 34.0 Å². The van der Waals surface area contributed by atoms with Crippen LogP contribution in [0.15, 0.2) is 28.7 Å². The molecule has 0 amide bonds. The quantitative estimate of drug-likeness (QED) is 0.902. The molecule has 0 aliphatic rings. The van der Waals surface area contributed by atoms with Crippen molar-refractivity contribution in [1.29, 1.82) is 0 Å². The van der Waals surface area contributed by atoms with Crippen molar-refractivity contribution in [2.45, 2.75) is 26.8 Å². The van der Waals surface area contributed by atoms with Crippen molar-refractivity contribution in [2.24, 2.45) is 5.73 Å². The number of rotatable bonds is 3. The first kappa shape index (κ1) is 12.7. The summed E-state index contributed by atoms with van der Waals surface area (Å²) in [7, 11) is 1.67. The van der Waals surface area contributed by atoms with Gasteiger partial charge in [0.05, 0.1) is 13.2 Å². The van der Waals surface area contributed by atoms with E-state index in [-0.39, 0.29) is 6.04 Å². The van der Waals surface area contributed by atoms with Crippen molar-refractivity contribution >= 4 is 0 Å². The summed E-state index contributed by atoms with van der Waals surface area (Å²) in [6.07, 6.45) is 0. The molecule has 1 aromatic carbocycles. The van der Waals surface area contributed by atoms with Crippen LogP contribution in [0.4, 0.5) is 0 Å². The van der Waals surface area contributed by atoms with Crippen LogP contribution in [0.1, 0.15) is 34.3 Å². The molecule has 1 heterocycles. The van der Waals surface area contributed by atoms with E-state index in [4.69, 9.17) is 14.9 Å². The summed E-state index contributed by atoms with van der Waals surface area (Å²) in [5.74, 6) is 2.66. The van der Waals surface area contributed by atoms with Gasteiger partial charge in [-0.25, -0.2) is 0 Å². The van der Waals surface area contributed by atoms with Crippen molar-refractivity contribution in [3.63, 3.8) is 0 Å². The van der Waals surface area contributed by atoms with Gasteiger partial charge in [-0.3, -0.25) is 0 Å². The largest absolute Gasteiger partial charge is 0.496 e. The molecule has 0 saturated heterocycles. The van der Waals surface area contributed by atoms with Gasteiger partial charge in [-0.1, -0.05) is 12.1 Å². The lowest BCUT2D eigenvalue weighted by Crippen LogP contribution is -2.12. The number of methoxy groups -OCH3 is 1. The number of benzene rings is 1. The van der Waals surface area contributed by atoms with Crippen LogP contribution in [0.2, 0.25) is 0 Å². The topological polar surface area (TPSA) is 48.4 Å². The molecule has 18 heavy (non-hydrogen) atoms. The zero-order valence-corrected chi connectivity index (χ0v) is 11.3. The van der Waals surface area contributed by atoms with E-state index in [2.05, 4.69) is 6.07 Å². The molecule has 0 saturated carbocycles. The summed E-state index contributed by atoms with van der Waals surface area (Å²) in [5, 5.41) is 0. The maximum absolute atomic E-state index is 6.29. The average molecular weight is 245 g/mol. The highest BCUT2D eigenvalue weighted by Crippen LogP contribution is 2.28. The molecule has 3 nitrogen and oxygen atoms in total. The van der Waals surface area contributed by atoms with Crippen molar-refractivity contribution in [3.8, 4) is 5.75 Å². The van der Waals surface area contributed by atoms with Crippen LogP contribution in [0.5, 0.6) is 5.75 Å². The Hall–Kier alpha value is -1.74. The standard InChI is InChI=1S/C15H19NO2/c1-9-7-12(5-6-14(9)17-4)15(16)13-8-10(2)18-11(13)3/h5-8,15H,16H2,1-4H3. The van der Waals surface area contributed by atoms with Crippen molar-refractivity contribution in [1.82, 2.24) is 0 Å². The van der Waals surface area contributed by atoms with Gasteiger partial charge in [0.25, 0.3) is 0 Å². The van der Waals surface area contributed by atoms with Gasteiger partial charge in [-0.2, -0.15) is 0 Å². The van der Waals surface area contributed by atoms with Crippen LogP contribution in [-0.2, 0) is 0 Å². The number of aryl methyl sites for hydroxylation is 3. The van der Waals surface area contributed by atoms with Crippen LogP contribution in [0.25, 0.3) is 0 Å².